The molecule has 1 aromatic heterocycles. The van der Waals surface area contributed by atoms with Crippen LogP contribution in [-0.4, -0.2) is 16.1 Å². The fourth-order valence-electron chi connectivity index (χ4n) is 1.79. The predicted octanol–water partition coefficient (Wildman–Crippen LogP) is 1.52. The summed E-state index contributed by atoms with van der Waals surface area (Å²) in [4.78, 5) is 15.1. The smallest absolute Gasteiger partial charge is 0.250 e. The number of nitrogens with zero attached hydrogens (tertiary/aromatic N) is 1. The van der Waals surface area contributed by atoms with Crippen molar-refractivity contribution in [3.05, 3.63) is 35.9 Å². The third-order valence-electron chi connectivity index (χ3n) is 2.63. The molecule has 0 aromatic carbocycles. The second kappa shape index (κ2) is 4.40. The van der Waals surface area contributed by atoms with Gasteiger partial charge in [-0.2, -0.15) is 0 Å². The van der Waals surface area contributed by atoms with E-state index in [2.05, 4.69) is 4.98 Å². The Hall–Kier alpha value is -1.75. The Balaban J connectivity index is 2.17. The highest BCUT2D eigenvalue weighted by atomic mass is 19.1. The van der Waals surface area contributed by atoms with E-state index in [1.165, 1.54) is 6.07 Å². The molecule has 0 bridgehead atoms. The first-order valence-corrected chi connectivity index (χ1v) is 4.97. The summed E-state index contributed by atoms with van der Waals surface area (Å²) in [6, 6.07) is 2.92. The highest BCUT2D eigenvalue weighted by Gasteiger charge is 2.23. The minimum absolute atomic E-state index is 0.327. The molecular formula is C11H11FN2O2. The number of rotatable bonds is 2. The molecule has 0 fully saturated rings. The largest absolute Gasteiger partial charge is 0.289 e. The molecule has 1 unspecified atom stereocenters. The number of hydrogen-bond donors (Lipinski definition) is 2. The Morgan fingerprint density at radius 1 is 1.56 bits per heavy atom. The van der Waals surface area contributed by atoms with Gasteiger partial charge in [0.15, 0.2) is 0 Å². The molecule has 2 rings (SSSR count). The number of pyridine rings is 1. The van der Waals surface area contributed by atoms with Crippen molar-refractivity contribution < 1.29 is 14.4 Å². The molecule has 2 N–H and O–H groups in total. The average Bonchev–Trinajstić information content (AvgIpc) is 2.78. The Bertz CT molecular complexity index is 428. The van der Waals surface area contributed by atoms with Gasteiger partial charge in [0.25, 0.3) is 0 Å². The zero-order valence-corrected chi connectivity index (χ0v) is 8.48. The van der Waals surface area contributed by atoms with Crippen molar-refractivity contribution in [2.24, 2.45) is 5.92 Å². The number of aromatic nitrogens is 1. The van der Waals surface area contributed by atoms with Crippen LogP contribution in [0.3, 0.4) is 0 Å². The molecular weight excluding hydrogens is 211 g/mol. The van der Waals surface area contributed by atoms with Gasteiger partial charge < -0.3 is 0 Å². The van der Waals surface area contributed by atoms with Gasteiger partial charge in [0, 0.05) is 0 Å². The van der Waals surface area contributed by atoms with Crippen LogP contribution in [0.1, 0.15) is 18.5 Å². The summed E-state index contributed by atoms with van der Waals surface area (Å²) in [6.07, 6.45) is 4.25. The topological polar surface area (TPSA) is 62.2 Å². The van der Waals surface area contributed by atoms with Gasteiger partial charge >= 0.3 is 0 Å². The SMILES string of the molecule is O=C(NO)C1C=C(c2ccc(F)cn2)CC1. The summed E-state index contributed by atoms with van der Waals surface area (Å²) in [7, 11) is 0. The Labute approximate surface area is 91.8 Å². The molecule has 1 aromatic rings. The van der Waals surface area contributed by atoms with E-state index >= 15 is 0 Å². The lowest BCUT2D eigenvalue weighted by atomic mass is 10.1. The van der Waals surface area contributed by atoms with E-state index in [0.29, 0.717) is 18.5 Å². The molecule has 84 valence electrons. The Morgan fingerprint density at radius 2 is 2.38 bits per heavy atom. The van der Waals surface area contributed by atoms with Gasteiger partial charge in [-0.3, -0.25) is 15.0 Å². The third-order valence-corrected chi connectivity index (χ3v) is 2.63. The zero-order chi connectivity index (χ0) is 11.5. The lowest BCUT2D eigenvalue weighted by Crippen LogP contribution is -2.25. The summed E-state index contributed by atoms with van der Waals surface area (Å²) in [5.74, 6) is -1.13. The summed E-state index contributed by atoms with van der Waals surface area (Å²) in [5.41, 5.74) is 3.21. The van der Waals surface area contributed by atoms with E-state index in [0.717, 1.165) is 11.8 Å². The molecule has 1 aliphatic rings. The molecule has 1 aliphatic carbocycles. The van der Waals surface area contributed by atoms with E-state index in [1.54, 1.807) is 17.6 Å². The maximum Gasteiger partial charge on any atom is 0.250 e. The van der Waals surface area contributed by atoms with E-state index in [9.17, 15) is 9.18 Å². The zero-order valence-electron chi connectivity index (χ0n) is 8.48. The van der Waals surface area contributed by atoms with Gasteiger partial charge in [0.1, 0.15) is 5.82 Å². The highest BCUT2D eigenvalue weighted by Crippen LogP contribution is 2.30. The second-order valence-corrected chi connectivity index (χ2v) is 3.67. The summed E-state index contributed by atoms with van der Waals surface area (Å²) in [6.45, 7) is 0. The van der Waals surface area contributed by atoms with Crippen molar-refractivity contribution in [2.75, 3.05) is 0 Å². The fourth-order valence-corrected chi connectivity index (χ4v) is 1.79. The Kier molecular flexibility index (Phi) is 2.96. The van der Waals surface area contributed by atoms with E-state index in [4.69, 9.17) is 5.21 Å². The first-order valence-electron chi connectivity index (χ1n) is 4.97. The van der Waals surface area contributed by atoms with Gasteiger partial charge in [0.2, 0.25) is 5.91 Å². The van der Waals surface area contributed by atoms with Crippen LogP contribution in [0.2, 0.25) is 0 Å². The summed E-state index contributed by atoms with van der Waals surface area (Å²) in [5, 5.41) is 8.49. The number of carbonyl (C=O) groups is 1. The van der Waals surface area contributed by atoms with Crippen LogP contribution in [0.4, 0.5) is 4.39 Å². The molecule has 16 heavy (non-hydrogen) atoms. The molecule has 4 nitrogen and oxygen atoms in total. The van der Waals surface area contributed by atoms with Gasteiger partial charge in [-0.1, -0.05) is 6.08 Å². The van der Waals surface area contributed by atoms with Crippen LogP contribution in [0.25, 0.3) is 5.57 Å². The number of hydrogen-bond acceptors (Lipinski definition) is 3. The molecule has 0 radical (unpaired) electrons. The minimum atomic E-state index is -0.419. The van der Waals surface area contributed by atoms with Crippen molar-refractivity contribution in [1.82, 2.24) is 10.5 Å². The second-order valence-electron chi connectivity index (χ2n) is 3.67. The number of hydroxylamine groups is 1. The average molecular weight is 222 g/mol. The number of allylic oxidation sites excluding steroid dienone is 1. The molecule has 1 amide bonds. The molecule has 1 heterocycles. The van der Waals surface area contributed by atoms with Crippen LogP contribution in [-0.2, 0) is 4.79 Å². The predicted molar refractivity (Wildman–Crippen MR) is 54.8 cm³/mol. The Morgan fingerprint density at radius 3 is 3.00 bits per heavy atom. The lowest BCUT2D eigenvalue weighted by molar-refractivity contribution is -0.131. The number of halogens is 1. The monoisotopic (exact) mass is 222 g/mol. The van der Waals surface area contributed by atoms with Gasteiger partial charge in [0.05, 0.1) is 17.8 Å². The van der Waals surface area contributed by atoms with Crippen molar-refractivity contribution in [2.45, 2.75) is 12.8 Å². The maximum absolute atomic E-state index is 12.7. The number of amides is 1. The van der Waals surface area contributed by atoms with Gasteiger partial charge in [-0.05, 0) is 30.5 Å². The molecule has 5 heteroatoms. The molecule has 0 aliphatic heterocycles. The van der Waals surface area contributed by atoms with Crippen LogP contribution >= 0.6 is 0 Å². The molecule has 0 saturated carbocycles. The standard InChI is InChI=1S/C11H11FN2O2/c12-9-3-4-10(13-6-9)7-1-2-8(5-7)11(15)14-16/h3-6,8,16H,1-2H2,(H,14,15). The quantitative estimate of drug-likeness (QED) is 0.589. The van der Waals surface area contributed by atoms with Gasteiger partial charge in [-0.15, -0.1) is 0 Å². The van der Waals surface area contributed by atoms with Crippen molar-refractivity contribution >= 4 is 11.5 Å². The minimum Gasteiger partial charge on any atom is -0.289 e. The molecule has 0 spiro atoms. The van der Waals surface area contributed by atoms with Crippen molar-refractivity contribution in [1.29, 1.82) is 0 Å². The van der Waals surface area contributed by atoms with Gasteiger partial charge in [-0.25, -0.2) is 9.87 Å². The van der Waals surface area contributed by atoms with Crippen molar-refractivity contribution in [3.8, 4) is 0 Å². The van der Waals surface area contributed by atoms with E-state index in [1.807, 2.05) is 0 Å². The maximum atomic E-state index is 12.7. The summed E-state index contributed by atoms with van der Waals surface area (Å²) < 4.78 is 12.7. The molecule has 1 atom stereocenters. The normalized spacial score (nSPS) is 19.4. The van der Waals surface area contributed by atoms with E-state index in [-0.39, 0.29) is 11.7 Å². The lowest BCUT2D eigenvalue weighted by Gasteiger charge is -2.01. The van der Waals surface area contributed by atoms with Crippen LogP contribution in [0.5, 0.6) is 0 Å². The van der Waals surface area contributed by atoms with Crippen LogP contribution in [0.15, 0.2) is 24.4 Å². The van der Waals surface area contributed by atoms with E-state index < -0.39 is 5.91 Å². The highest BCUT2D eigenvalue weighted by molar-refractivity contribution is 5.83. The summed E-state index contributed by atoms with van der Waals surface area (Å²) >= 11 is 0. The number of nitrogens with one attached hydrogen (secondary N) is 1. The van der Waals surface area contributed by atoms with Crippen molar-refractivity contribution in [3.63, 3.8) is 0 Å². The number of carbonyl (C=O) groups excluding carboxylic acids is 1. The third kappa shape index (κ3) is 2.09. The molecule has 0 saturated heterocycles. The first-order chi connectivity index (χ1) is 7.70. The van der Waals surface area contributed by atoms with Crippen LogP contribution < -0.4 is 5.48 Å². The van der Waals surface area contributed by atoms with Crippen LogP contribution in [0, 0.1) is 11.7 Å². The first kappa shape index (κ1) is 10.8. The fraction of sp³-hybridized carbons (Fsp3) is 0.273.